The molecule has 0 radical (unpaired) electrons. The van der Waals surface area contributed by atoms with Crippen molar-refractivity contribution in [2.45, 2.75) is 26.7 Å². The van der Waals surface area contributed by atoms with Crippen molar-refractivity contribution in [2.24, 2.45) is 0 Å². The molecule has 0 spiro atoms. The molecule has 0 amide bonds. The third-order valence-electron chi connectivity index (χ3n) is 1.68. The maximum absolute atomic E-state index is 11.0. The minimum atomic E-state index is -0.0246. The summed E-state index contributed by atoms with van der Waals surface area (Å²) in [4.78, 5) is 17.6. The Labute approximate surface area is 65.5 Å². The van der Waals surface area contributed by atoms with Crippen LogP contribution < -0.4 is 5.56 Å². The molecule has 0 bridgehead atoms. The standard InChI is InChI=1S/C8H12N2O/c1-3-4-7-6(2)8(11)10-5-9-7/h5H,3-4H2,1-2H3,(H,9,10,11). The van der Waals surface area contributed by atoms with E-state index in [9.17, 15) is 4.79 Å². The highest BCUT2D eigenvalue weighted by Gasteiger charge is 2.00. The van der Waals surface area contributed by atoms with Gasteiger partial charge in [-0.2, -0.15) is 0 Å². The Balaban J connectivity index is 3.06. The zero-order valence-electron chi connectivity index (χ0n) is 6.85. The lowest BCUT2D eigenvalue weighted by Crippen LogP contribution is -2.13. The van der Waals surface area contributed by atoms with Crippen molar-refractivity contribution in [3.05, 3.63) is 27.9 Å². The van der Waals surface area contributed by atoms with Crippen LogP contribution in [0.25, 0.3) is 0 Å². The molecule has 0 saturated carbocycles. The highest BCUT2D eigenvalue weighted by atomic mass is 16.1. The number of aromatic amines is 1. The lowest BCUT2D eigenvalue weighted by atomic mass is 10.2. The predicted octanol–water partition coefficient (Wildman–Crippen LogP) is 1.03. The van der Waals surface area contributed by atoms with E-state index >= 15 is 0 Å². The first-order valence-electron chi connectivity index (χ1n) is 3.79. The monoisotopic (exact) mass is 152 g/mol. The quantitative estimate of drug-likeness (QED) is 0.688. The van der Waals surface area contributed by atoms with Gasteiger partial charge in [0.05, 0.1) is 12.0 Å². The molecule has 3 nitrogen and oxygen atoms in total. The zero-order chi connectivity index (χ0) is 8.27. The molecule has 1 N–H and O–H groups in total. The summed E-state index contributed by atoms with van der Waals surface area (Å²) in [7, 11) is 0. The van der Waals surface area contributed by atoms with Crippen LogP contribution in [0.5, 0.6) is 0 Å². The number of nitrogens with zero attached hydrogens (tertiary/aromatic N) is 1. The van der Waals surface area contributed by atoms with Gasteiger partial charge in [-0.1, -0.05) is 13.3 Å². The van der Waals surface area contributed by atoms with E-state index in [0.29, 0.717) is 0 Å². The van der Waals surface area contributed by atoms with Gasteiger partial charge >= 0.3 is 0 Å². The van der Waals surface area contributed by atoms with Crippen LogP contribution in [-0.2, 0) is 6.42 Å². The average Bonchev–Trinajstić information content (AvgIpc) is 1.99. The second-order valence-corrected chi connectivity index (χ2v) is 2.55. The molecule has 0 aromatic carbocycles. The molecule has 11 heavy (non-hydrogen) atoms. The second kappa shape index (κ2) is 3.32. The third-order valence-corrected chi connectivity index (χ3v) is 1.68. The van der Waals surface area contributed by atoms with Gasteiger partial charge in [0.1, 0.15) is 0 Å². The van der Waals surface area contributed by atoms with Gasteiger partial charge in [-0.3, -0.25) is 4.79 Å². The predicted molar refractivity (Wildman–Crippen MR) is 43.6 cm³/mol. The van der Waals surface area contributed by atoms with Crippen molar-refractivity contribution >= 4 is 0 Å². The van der Waals surface area contributed by atoms with Crippen LogP contribution in [0.1, 0.15) is 24.6 Å². The number of H-pyrrole nitrogens is 1. The summed E-state index contributed by atoms with van der Waals surface area (Å²) in [6.45, 7) is 3.87. The van der Waals surface area contributed by atoms with Gasteiger partial charge in [0.25, 0.3) is 5.56 Å². The summed E-state index contributed by atoms with van der Waals surface area (Å²) >= 11 is 0. The number of rotatable bonds is 2. The molecule has 3 heteroatoms. The first-order chi connectivity index (χ1) is 5.25. The Kier molecular flexibility index (Phi) is 2.41. The first-order valence-corrected chi connectivity index (χ1v) is 3.79. The molecular weight excluding hydrogens is 140 g/mol. The second-order valence-electron chi connectivity index (χ2n) is 2.55. The number of aryl methyl sites for hydroxylation is 1. The van der Waals surface area contributed by atoms with E-state index in [1.54, 1.807) is 6.92 Å². The molecule has 0 saturated heterocycles. The van der Waals surface area contributed by atoms with Gasteiger partial charge in [0.15, 0.2) is 0 Å². The van der Waals surface area contributed by atoms with Crippen molar-refractivity contribution in [2.75, 3.05) is 0 Å². The average molecular weight is 152 g/mol. The fraction of sp³-hybridized carbons (Fsp3) is 0.500. The highest BCUT2D eigenvalue weighted by Crippen LogP contribution is 1.99. The molecule has 1 aromatic rings. The summed E-state index contributed by atoms with van der Waals surface area (Å²) in [5, 5.41) is 0. The van der Waals surface area contributed by atoms with Crippen LogP contribution in [0, 0.1) is 6.92 Å². The number of hydrogen-bond donors (Lipinski definition) is 1. The largest absolute Gasteiger partial charge is 0.313 e. The van der Waals surface area contributed by atoms with Gasteiger partial charge in [-0.15, -0.1) is 0 Å². The molecule has 1 aromatic heterocycles. The maximum atomic E-state index is 11.0. The lowest BCUT2D eigenvalue weighted by molar-refractivity contribution is 0.851. The smallest absolute Gasteiger partial charge is 0.253 e. The molecule has 0 atom stereocenters. The van der Waals surface area contributed by atoms with Crippen molar-refractivity contribution in [3.63, 3.8) is 0 Å². The normalized spacial score (nSPS) is 10.0. The maximum Gasteiger partial charge on any atom is 0.253 e. The summed E-state index contributed by atoms with van der Waals surface area (Å²) in [5.41, 5.74) is 1.63. The Hall–Kier alpha value is -1.12. The zero-order valence-corrected chi connectivity index (χ0v) is 6.85. The van der Waals surface area contributed by atoms with Crippen LogP contribution in [0.15, 0.2) is 11.1 Å². The molecule has 1 rings (SSSR count). The van der Waals surface area contributed by atoms with E-state index in [1.807, 2.05) is 0 Å². The van der Waals surface area contributed by atoms with E-state index in [0.717, 1.165) is 24.1 Å². The van der Waals surface area contributed by atoms with Gasteiger partial charge in [-0.25, -0.2) is 4.98 Å². The molecular formula is C8H12N2O. The van der Waals surface area contributed by atoms with E-state index in [2.05, 4.69) is 16.9 Å². The minimum absolute atomic E-state index is 0.0246. The number of aromatic nitrogens is 2. The lowest BCUT2D eigenvalue weighted by Gasteiger charge is -1.99. The van der Waals surface area contributed by atoms with Crippen molar-refractivity contribution < 1.29 is 0 Å². The molecule has 0 unspecified atom stereocenters. The van der Waals surface area contributed by atoms with E-state index in [-0.39, 0.29) is 5.56 Å². The topological polar surface area (TPSA) is 45.8 Å². The van der Waals surface area contributed by atoms with Crippen molar-refractivity contribution in [1.29, 1.82) is 0 Å². The summed E-state index contributed by atoms with van der Waals surface area (Å²) in [6.07, 6.45) is 3.37. The molecule has 0 aliphatic heterocycles. The molecule has 0 aliphatic rings. The van der Waals surface area contributed by atoms with Gasteiger partial charge < -0.3 is 4.98 Å². The fourth-order valence-electron chi connectivity index (χ4n) is 0.994. The fourth-order valence-corrected chi connectivity index (χ4v) is 0.994. The summed E-state index contributed by atoms with van der Waals surface area (Å²) < 4.78 is 0. The van der Waals surface area contributed by atoms with Crippen LogP contribution in [0.4, 0.5) is 0 Å². The SMILES string of the molecule is CCCc1nc[nH]c(=O)c1C. The highest BCUT2D eigenvalue weighted by molar-refractivity contribution is 5.13. The summed E-state index contributed by atoms with van der Waals surface area (Å²) in [5.74, 6) is 0. The van der Waals surface area contributed by atoms with E-state index in [1.165, 1.54) is 6.33 Å². The minimum Gasteiger partial charge on any atom is -0.313 e. The summed E-state index contributed by atoms with van der Waals surface area (Å²) in [6, 6.07) is 0. The van der Waals surface area contributed by atoms with E-state index in [4.69, 9.17) is 0 Å². The Morgan fingerprint density at radius 3 is 3.00 bits per heavy atom. The molecule has 60 valence electrons. The molecule has 0 fully saturated rings. The Bertz CT molecular complexity index is 290. The third kappa shape index (κ3) is 1.67. The van der Waals surface area contributed by atoms with Crippen molar-refractivity contribution in [1.82, 2.24) is 9.97 Å². The first kappa shape index (κ1) is 7.98. The van der Waals surface area contributed by atoms with Crippen LogP contribution in [-0.4, -0.2) is 9.97 Å². The van der Waals surface area contributed by atoms with Crippen LogP contribution in [0.2, 0.25) is 0 Å². The van der Waals surface area contributed by atoms with Gasteiger partial charge in [-0.05, 0) is 13.3 Å². The van der Waals surface area contributed by atoms with Gasteiger partial charge in [0, 0.05) is 5.56 Å². The van der Waals surface area contributed by atoms with Gasteiger partial charge in [0.2, 0.25) is 0 Å². The van der Waals surface area contributed by atoms with Crippen molar-refractivity contribution in [3.8, 4) is 0 Å². The molecule has 0 aliphatic carbocycles. The number of nitrogens with one attached hydrogen (secondary N) is 1. The Morgan fingerprint density at radius 2 is 2.36 bits per heavy atom. The van der Waals surface area contributed by atoms with Crippen LogP contribution >= 0.6 is 0 Å². The molecule has 1 heterocycles. The van der Waals surface area contributed by atoms with Crippen LogP contribution in [0.3, 0.4) is 0 Å². The Morgan fingerprint density at radius 1 is 1.64 bits per heavy atom. The van der Waals surface area contributed by atoms with E-state index < -0.39 is 0 Å². The number of hydrogen-bond acceptors (Lipinski definition) is 2.